The third-order valence-electron chi connectivity index (χ3n) is 9.75. The number of fused-ring (bicyclic) bond motifs is 5. The topological polar surface area (TPSA) is 55.8 Å². The third kappa shape index (κ3) is 4.17. The van der Waals surface area contributed by atoms with Gasteiger partial charge < -0.3 is 14.4 Å². The van der Waals surface area contributed by atoms with Gasteiger partial charge in [0.25, 0.3) is 5.91 Å². The number of hydrogen-bond acceptors (Lipinski definition) is 4. The van der Waals surface area contributed by atoms with E-state index in [1.807, 2.05) is 30.3 Å². The molecule has 1 unspecified atom stereocenters. The molecule has 2 aromatic carbocycles. The fourth-order valence-electron chi connectivity index (χ4n) is 7.82. The monoisotopic (exact) mass is 499 g/mol. The molecule has 37 heavy (non-hydrogen) atoms. The summed E-state index contributed by atoms with van der Waals surface area (Å²) in [5.41, 5.74) is 4.70. The van der Waals surface area contributed by atoms with Crippen molar-refractivity contribution in [2.24, 2.45) is 17.3 Å². The van der Waals surface area contributed by atoms with Crippen molar-refractivity contribution in [3.63, 3.8) is 0 Å². The summed E-state index contributed by atoms with van der Waals surface area (Å²) in [6.07, 6.45) is 9.05. The van der Waals surface area contributed by atoms with Crippen LogP contribution in [0.5, 0.6) is 5.75 Å². The van der Waals surface area contributed by atoms with E-state index in [-0.39, 0.29) is 23.9 Å². The lowest BCUT2D eigenvalue weighted by molar-refractivity contribution is -0.154. The van der Waals surface area contributed by atoms with E-state index in [1.165, 1.54) is 17.5 Å². The number of rotatable bonds is 5. The number of carbonyl (C=O) groups excluding carboxylic acids is 2. The van der Waals surface area contributed by atoms with Gasteiger partial charge in [-0.25, -0.2) is 4.79 Å². The molecule has 0 aromatic heterocycles. The highest BCUT2D eigenvalue weighted by Crippen LogP contribution is 2.61. The molecule has 5 nitrogen and oxygen atoms in total. The minimum Gasteiger partial charge on any atom is -0.497 e. The number of benzene rings is 2. The first-order valence-corrected chi connectivity index (χ1v) is 13.9. The number of allylic oxidation sites excluding steroid dienone is 1. The molecule has 1 heterocycles. The van der Waals surface area contributed by atoms with E-state index < -0.39 is 6.04 Å². The smallest absolute Gasteiger partial charge is 0.329 e. The van der Waals surface area contributed by atoms with E-state index in [0.29, 0.717) is 30.7 Å². The molecule has 2 aromatic rings. The zero-order chi connectivity index (χ0) is 25.6. The van der Waals surface area contributed by atoms with Crippen LogP contribution >= 0.6 is 0 Å². The lowest BCUT2D eigenvalue weighted by Crippen LogP contribution is -2.47. The second-order valence-corrected chi connectivity index (χ2v) is 11.5. The molecule has 1 saturated carbocycles. The molecule has 1 saturated heterocycles. The Kier molecular flexibility index (Phi) is 6.34. The number of hydrogen-bond donors (Lipinski definition) is 0. The van der Waals surface area contributed by atoms with Gasteiger partial charge in [-0.05, 0) is 91.5 Å². The lowest BCUT2D eigenvalue weighted by atomic mass is 9.54. The molecule has 0 N–H and O–H groups in total. The van der Waals surface area contributed by atoms with Gasteiger partial charge in [0.2, 0.25) is 0 Å². The van der Waals surface area contributed by atoms with Crippen LogP contribution in [0.2, 0.25) is 0 Å². The normalized spacial score (nSPS) is 30.1. The molecule has 5 heteroatoms. The molecule has 3 aliphatic carbocycles. The zero-order valence-electron chi connectivity index (χ0n) is 21.9. The van der Waals surface area contributed by atoms with Crippen LogP contribution in [-0.2, 0) is 27.4 Å². The van der Waals surface area contributed by atoms with Crippen LogP contribution < -0.4 is 4.74 Å². The van der Waals surface area contributed by atoms with Crippen molar-refractivity contribution in [1.29, 1.82) is 0 Å². The first kappa shape index (κ1) is 24.3. The molecule has 5 atom stereocenters. The number of esters is 1. The number of carbonyl (C=O) groups is 2. The summed E-state index contributed by atoms with van der Waals surface area (Å²) >= 11 is 0. The Labute approximate surface area is 219 Å². The maximum absolute atomic E-state index is 14.0. The first-order chi connectivity index (χ1) is 18.0. The molecular weight excluding hydrogens is 462 g/mol. The summed E-state index contributed by atoms with van der Waals surface area (Å²) in [7, 11) is 1.73. The summed E-state index contributed by atoms with van der Waals surface area (Å²) in [4.78, 5) is 28.8. The van der Waals surface area contributed by atoms with Crippen LogP contribution in [0.4, 0.5) is 0 Å². The van der Waals surface area contributed by atoms with Crippen molar-refractivity contribution in [2.75, 3.05) is 13.7 Å². The molecule has 2 fully saturated rings. The Morgan fingerprint density at radius 1 is 1.08 bits per heavy atom. The minimum atomic E-state index is -0.479. The van der Waals surface area contributed by atoms with Crippen molar-refractivity contribution in [1.82, 2.24) is 4.90 Å². The van der Waals surface area contributed by atoms with Crippen molar-refractivity contribution in [3.05, 3.63) is 76.9 Å². The van der Waals surface area contributed by atoms with Gasteiger partial charge in [-0.2, -0.15) is 0 Å². The van der Waals surface area contributed by atoms with Crippen LogP contribution in [0, 0.1) is 17.3 Å². The quantitative estimate of drug-likeness (QED) is 0.487. The van der Waals surface area contributed by atoms with Gasteiger partial charge in [-0.1, -0.05) is 49.4 Å². The van der Waals surface area contributed by atoms with Crippen molar-refractivity contribution < 1.29 is 19.1 Å². The van der Waals surface area contributed by atoms with Crippen LogP contribution in [0.1, 0.15) is 68.1 Å². The molecule has 6 rings (SSSR count). The number of methoxy groups -OCH3 is 1. The Hall–Kier alpha value is -3.08. The molecule has 0 bridgehead atoms. The molecule has 0 spiro atoms. The first-order valence-electron chi connectivity index (χ1n) is 13.9. The second-order valence-electron chi connectivity index (χ2n) is 11.5. The minimum absolute atomic E-state index is 0.0588. The van der Waals surface area contributed by atoms with Gasteiger partial charge >= 0.3 is 5.97 Å². The Morgan fingerprint density at radius 2 is 1.92 bits per heavy atom. The number of aryl methyl sites for hydroxylation is 1. The van der Waals surface area contributed by atoms with Gasteiger partial charge in [0.05, 0.1) is 7.11 Å². The van der Waals surface area contributed by atoms with Gasteiger partial charge in [0.15, 0.2) is 0 Å². The average Bonchev–Trinajstić information content (AvgIpc) is 3.56. The Bertz CT molecular complexity index is 1220. The fraction of sp³-hybridized carbons (Fsp3) is 0.500. The molecular formula is C32H37NO4. The van der Waals surface area contributed by atoms with Crippen molar-refractivity contribution in [3.8, 4) is 5.75 Å². The highest BCUT2D eigenvalue weighted by molar-refractivity contribution is 5.98. The van der Waals surface area contributed by atoms with Gasteiger partial charge in [-0.15, -0.1) is 0 Å². The van der Waals surface area contributed by atoms with Crippen molar-refractivity contribution in [2.45, 2.75) is 70.4 Å². The molecule has 1 amide bonds. The number of likely N-dealkylation sites (tertiary alicyclic amines) is 1. The highest BCUT2D eigenvalue weighted by atomic mass is 16.5. The fourth-order valence-corrected chi connectivity index (χ4v) is 7.82. The Balaban J connectivity index is 1.16. The maximum atomic E-state index is 14.0. The summed E-state index contributed by atoms with van der Waals surface area (Å²) in [5.74, 6) is 2.35. The van der Waals surface area contributed by atoms with Crippen molar-refractivity contribution >= 4 is 11.9 Å². The van der Waals surface area contributed by atoms with Crippen LogP contribution in [0.15, 0.2) is 60.2 Å². The van der Waals surface area contributed by atoms with Crippen LogP contribution in [0.25, 0.3) is 0 Å². The van der Waals surface area contributed by atoms with Gasteiger partial charge in [0, 0.05) is 17.5 Å². The molecule has 4 aliphatic rings. The van der Waals surface area contributed by atoms with Crippen LogP contribution in [0.3, 0.4) is 0 Å². The van der Waals surface area contributed by atoms with E-state index in [9.17, 15) is 9.59 Å². The second kappa shape index (κ2) is 9.66. The molecule has 0 radical (unpaired) electrons. The average molecular weight is 500 g/mol. The van der Waals surface area contributed by atoms with E-state index in [4.69, 9.17) is 9.47 Å². The molecule has 1 aliphatic heterocycles. The van der Waals surface area contributed by atoms with E-state index in [2.05, 4.69) is 31.2 Å². The summed E-state index contributed by atoms with van der Waals surface area (Å²) in [5, 5.41) is 0. The standard InChI is InChI=1S/C32H37NO4/c1-32-17-16-25-24-13-11-23(36-2)19-22(24)10-12-26(25)27(32)14-15-28(32)30(34)33-18-6-9-29(33)31(35)37-20-21-7-4-3-5-8-21/h3-5,7-8,11,13,15,19,25-27,29H,6,9-10,12,14,16-18,20H2,1-2H3/t25-,26-,27+,29?,32-/m1/s1. The van der Waals surface area contributed by atoms with Gasteiger partial charge in [-0.3, -0.25) is 4.79 Å². The van der Waals surface area contributed by atoms with Crippen LogP contribution in [-0.4, -0.2) is 36.5 Å². The number of nitrogens with zero attached hydrogens (tertiary/aromatic N) is 1. The molecule has 194 valence electrons. The summed E-state index contributed by atoms with van der Waals surface area (Å²) in [6.45, 7) is 3.19. The summed E-state index contributed by atoms with van der Waals surface area (Å²) < 4.78 is 11.1. The zero-order valence-corrected chi connectivity index (χ0v) is 21.9. The number of ether oxygens (including phenoxy) is 2. The van der Waals surface area contributed by atoms with Gasteiger partial charge in [0.1, 0.15) is 18.4 Å². The highest BCUT2D eigenvalue weighted by Gasteiger charge is 2.54. The van der Waals surface area contributed by atoms with E-state index in [0.717, 1.165) is 49.0 Å². The third-order valence-corrected chi connectivity index (χ3v) is 9.75. The largest absolute Gasteiger partial charge is 0.497 e. The van der Waals surface area contributed by atoms with E-state index >= 15 is 0 Å². The SMILES string of the molecule is COc1ccc2c(c1)CC[C@@H]1[C@@H]2CC[C@@]2(C)C(C(=O)N3CCCC3C(=O)OCc3ccccc3)=CC[C@@H]12. The lowest BCUT2D eigenvalue weighted by Gasteiger charge is -2.50. The Morgan fingerprint density at radius 3 is 2.73 bits per heavy atom. The van der Waals surface area contributed by atoms with E-state index in [1.54, 1.807) is 12.0 Å². The number of amides is 1. The summed E-state index contributed by atoms with van der Waals surface area (Å²) in [6, 6.07) is 15.8. The predicted molar refractivity (Wildman–Crippen MR) is 142 cm³/mol. The predicted octanol–water partition coefficient (Wildman–Crippen LogP) is 5.82. The maximum Gasteiger partial charge on any atom is 0.329 e.